The Labute approximate surface area is 110 Å². The first-order valence-electron chi connectivity index (χ1n) is 5.94. The summed E-state index contributed by atoms with van der Waals surface area (Å²) in [4.78, 5) is 7.56. The molecule has 0 spiro atoms. The zero-order valence-corrected chi connectivity index (χ0v) is 10.9. The second-order valence-corrected chi connectivity index (χ2v) is 4.55. The largest absolute Gasteiger partial charge is 0.329 e. The maximum Gasteiger partial charge on any atom is 0.183 e. The quantitative estimate of drug-likeness (QED) is 0.709. The van der Waals surface area contributed by atoms with E-state index in [0.717, 1.165) is 23.3 Å². The minimum absolute atomic E-state index is 0.674. The molecule has 3 nitrogen and oxygen atoms in total. The van der Waals surface area contributed by atoms with Crippen LogP contribution >= 0.6 is 12.2 Å². The molecule has 0 unspecified atom stereocenters. The van der Waals surface area contributed by atoms with Gasteiger partial charge in [-0.05, 0) is 48.5 Å². The molecule has 2 heterocycles. The second kappa shape index (κ2) is 4.38. The zero-order valence-electron chi connectivity index (χ0n) is 10.1. The smallest absolute Gasteiger partial charge is 0.183 e. The van der Waals surface area contributed by atoms with Crippen LogP contribution in [-0.2, 0) is 6.42 Å². The third-order valence-corrected chi connectivity index (χ3v) is 3.33. The number of aromatic amines is 1. The lowest BCUT2D eigenvalue weighted by atomic mass is 10.1. The van der Waals surface area contributed by atoms with Crippen LogP contribution in [0.4, 0.5) is 0 Å². The maximum absolute atomic E-state index is 5.36. The van der Waals surface area contributed by atoms with Gasteiger partial charge in [-0.3, -0.25) is 4.57 Å². The average Bonchev–Trinajstić information content (AvgIpc) is 2.75. The van der Waals surface area contributed by atoms with Gasteiger partial charge in [0.05, 0.1) is 5.52 Å². The van der Waals surface area contributed by atoms with Gasteiger partial charge in [-0.2, -0.15) is 0 Å². The number of nitrogens with zero attached hydrogens (tertiary/aromatic N) is 2. The van der Waals surface area contributed by atoms with Crippen LogP contribution in [0, 0.1) is 4.77 Å². The highest BCUT2D eigenvalue weighted by Crippen LogP contribution is 2.17. The van der Waals surface area contributed by atoms with Gasteiger partial charge in [-0.15, -0.1) is 0 Å². The van der Waals surface area contributed by atoms with Crippen molar-refractivity contribution in [2.24, 2.45) is 0 Å². The van der Waals surface area contributed by atoms with E-state index in [4.69, 9.17) is 12.2 Å². The number of aromatic nitrogens is 3. The van der Waals surface area contributed by atoms with Crippen LogP contribution in [0.1, 0.15) is 12.5 Å². The highest BCUT2D eigenvalue weighted by atomic mass is 32.1. The molecular formula is C14H13N3S. The van der Waals surface area contributed by atoms with Crippen molar-refractivity contribution in [3.63, 3.8) is 0 Å². The van der Waals surface area contributed by atoms with E-state index in [1.165, 1.54) is 5.56 Å². The number of H-pyrrole nitrogens is 1. The number of benzene rings is 1. The SMILES string of the molecule is CCc1ccc(-n2c(=S)[nH]c3cccnc32)cc1. The molecule has 2 aromatic heterocycles. The van der Waals surface area contributed by atoms with Crippen LogP contribution in [0.2, 0.25) is 0 Å². The number of fused-ring (bicyclic) bond motifs is 1. The summed E-state index contributed by atoms with van der Waals surface area (Å²) in [6, 6.07) is 12.3. The molecule has 4 heteroatoms. The normalized spacial score (nSPS) is 10.9. The van der Waals surface area contributed by atoms with Gasteiger partial charge in [0.2, 0.25) is 0 Å². The van der Waals surface area contributed by atoms with Crippen LogP contribution in [0.3, 0.4) is 0 Å². The Morgan fingerprint density at radius 3 is 2.72 bits per heavy atom. The molecule has 3 rings (SSSR count). The van der Waals surface area contributed by atoms with Crippen LogP contribution in [0.5, 0.6) is 0 Å². The molecule has 0 saturated heterocycles. The van der Waals surface area contributed by atoms with Gasteiger partial charge in [-0.1, -0.05) is 19.1 Å². The van der Waals surface area contributed by atoms with Crippen molar-refractivity contribution in [1.82, 2.24) is 14.5 Å². The number of rotatable bonds is 2. The molecule has 0 fully saturated rings. The predicted molar refractivity (Wildman–Crippen MR) is 75.6 cm³/mol. The maximum atomic E-state index is 5.36. The van der Waals surface area contributed by atoms with Gasteiger partial charge in [0, 0.05) is 11.9 Å². The summed E-state index contributed by atoms with van der Waals surface area (Å²) < 4.78 is 2.64. The van der Waals surface area contributed by atoms with E-state index >= 15 is 0 Å². The molecule has 1 aromatic carbocycles. The molecule has 0 atom stereocenters. The van der Waals surface area contributed by atoms with Gasteiger partial charge in [-0.25, -0.2) is 4.98 Å². The van der Waals surface area contributed by atoms with Gasteiger partial charge in [0.1, 0.15) is 0 Å². The summed E-state index contributed by atoms with van der Waals surface area (Å²) in [5.74, 6) is 0. The van der Waals surface area contributed by atoms with Crippen molar-refractivity contribution in [3.8, 4) is 5.69 Å². The van der Waals surface area contributed by atoms with Crippen LogP contribution in [-0.4, -0.2) is 14.5 Å². The first kappa shape index (κ1) is 11.2. The Morgan fingerprint density at radius 1 is 1.22 bits per heavy atom. The number of imidazole rings is 1. The fourth-order valence-corrected chi connectivity index (χ4v) is 2.36. The Hall–Kier alpha value is -1.94. The molecule has 18 heavy (non-hydrogen) atoms. The van der Waals surface area contributed by atoms with E-state index in [1.54, 1.807) is 6.20 Å². The molecular weight excluding hydrogens is 242 g/mol. The lowest BCUT2D eigenvalue weighted by Gasteiger charge is -2.04. The standard InChI is InChI=1S/C14H13N3S/c1-2-10-5-7-11(8-6-10)17-13-12(16-14(17)18)4-3-9-15-13/h3-9H,2H2,1H3,(H,16,18). The number of hydrogen-bond donors (Lipinski definition) is 1. The van der Waals surface area contributed by atoms with E-state index in [0.29, 0.717) is 4.77 Å². The third kappa shape index (κ3) is 1.75. The molecule has 0 saturated carbocycles. The summed E-state index contributed by atoms with van der Waals surface area (Å²) in [7, 11) is 0. The summed E-state index contributed by atoms with van der Waals surface area (Å²) in [6.45, 7) is 2.15. The molecule has 3 aromatic rings. The average molecular weight is 255 g/mol. The Morgan fingerprint density at radius 2 is 2.00 bits per heavy atom. The van der Waals surface area contributed by atoms with E-state index in [-0.39, 0.29) is 0 Å². The van der Waals surface area contributed by atoms with E-state index < -0.39 is 0 Å². The van der Waals surface area contributed by atoms with Gasteiger partial charge >= 0.3 is 0 Å². The highest BCUT2D eigenvalue weighted by Gasteiger charge is 2.06. The lowest BCUT2D eigenvalue weighted by Crippen LogP contribution is -1.95. The van der Waals surface area contributed by atoms with Gasteiger partial charge in [0.15, 0.2) is 10.4 Å². The zero-order chi connectivity index (χ0) is 12.5. The molecule has 0 bridgehead atoms. The third-order valence-electron chi connectivity index (χ3n) is 3.05. The number of aryl methyl sites for hydroxylation is 1. The summed E-state index contributed by atoms with van der Waals surface area (Å²) in [5.41, 5.74) is 4.19. The van der Waals surface area contributed by atoms with Crippen LogP contribution in [0.25, 0.3) is 16.9 Å². The molecule has 0 amide bonds. The molecule has 1 N–H and O–H groups in total. The summed E-state index contributed by atoms with van der Waals surface area (Å²) in [6.07, 6.45) is 2.82. The number of pyridine rings is 1. The lowest BCUT2D eigenvalue weighted by molar-refractivity contribution is 1.04. The number of nitrogens with one attached hydrogen (secondary N) is 1. The fourth-order valence-electron chi connectivity index (χ4n) is 2.06. The van der Waals surface area contributed by atoms with Crippen molar-refractivity contribution in [2.75, 3.05) is 0 Å². The molecule has 90 valence electrons. The number of hydrogen-bond acceptors (Lipinski definition) is 2. The molecule has 0 aliphatic heterocycles. The minimum atomic E-state index is 0.674. The predicted octanol–water partition coefficient (Wildman–Crippen LogP) is 3.65. The molecule has 0 radical (unpaired) electrons. The summed E-state index contributed by atoms with van der Waals surface area (Å²) in [5, 5.41) is 0. The first-order chi connectivity index (χ1) is 8.79. The first-order valence-corrected chi connectivity index (χ1v) is 6.35. The topological polar surface area (TPSA) is 33.6 Å². The summed E-state index contributed by atoms with van der Waals surface area (Å²) >= 11 is 5.36. The van der Waals surface area contributed by atoms with Gasteiger partial charge < -0.3 is 4.98 Å². The molecule has 0 aliphatic rings. The van der Waals surface area contributed by atoms with Crippen LogP contribution in [0.15, 0.2) is 42.6 Å². The van der Waals surface area contributed by atoms with Crippen molar-refractivity contribution in [1.29, 1.82) is 0 Å². The Bertz CT molecular complexity index is 738. The highest BCUT2D eigenvalue weighted by molar-refractivity contribution is 7.71. The van der Waals surface area contributed by atoms with Crippen molar-refractivity contribution in [2.45, 2.75) is 13.3 Å². The fraction of sp³-hybridized carbons (Fsp3) is 0.143. The van der Waals surface area contributed by atoms with E-state index in [1.807, 2.05) is 16.7 Å². The van der Waals surface area contributed by atoms with E-state index in [2.05, 4.69) is 41.2 Å². The Balaban J connectivity index is 2.24. The minimum Gasteiger partial charge on any atom is -0.329 e. The van der Waals surface area contributed by atoms with Crippen LogP contribution < -0.4 is 0 Å². The van der Waals surface area contributed by atoms with Gasteiger partial charge in [0.25, 0.3) is 0 Å². The van der Waals surface area contributed by atoms with Crippen molar-refractivity contribution in [3.05, 3.63) is 52.9 Å². The molecule has 0 aliphatic carbocycles. The Kier molecular flexibility index (Phi) is 2.72. The van der Waals surface area contributed by atoms with Crippen molar-refractivity contribution < 1.29 is 0 Å². The monoisotopic (exact) mass is 255 g/mol. The van der Waals surface area contributed by atoms with Crippen molar-refractivity contribution >= 4 is 23.4 Å². The van der Waals surface area contributed by atoms with E-state index in [9.17, 15) is 0 Å². The second-order valence-electron chi connectivity index (χ2n) is 4.16.